The molecule has 6 nitrogen and oxygen atoms in total. The number of carboxylic acids is 1. The minimum absolute atomic E-state index is 0.197. The van der Waals surface area contributed by atoms with Crippen LogP contribution < -0.4 is 10.1 Å². The second kappa shape index (κ2) is 8.27. The lowest BCUT2D eigenvalue weighted by Gasteiger charge is -2.06. The zero-order valence-corrected chi connectivity index (χ0v) is 10.6. The molecule has 18 heavy (non-hydrogen) atoms. The number of carboxylic acid groups (broad SMARTS) is 1. The molecule has 0 spiro atoms. The van der Waals surface area contributed by atoms with Crippen molar-refractivity contribution < 1.29 is 14.6 Å². The lowest BCUT2D eigenvalue weighted by atomic mass is 10.2. The zero-order chi connectivity index (χ0) is 13.2. The maximum Gasteiger partial charge on any atom is 0.303 e. The van der Waals surface area contributed by atoms with E-state index in [0.29, 0.717) is 31.4 Å². The van der Waals surface area contributed by atoms with Crippen molar-refractivity contribution >= 4 is 11.9 Å². The van der Waals surface area contributed by atoms with Crippen LogP contribution >= 0.6 is 0 Å². The SMILES string of the molecule is CCCOc1ccnc(NCCCCC(=O)O)n1. The molecule has 0 aliphatic heterocycles. The molecule has 6 heteroatoms. The molecule has 1 rings (SSSR count). The fourth-order valence-electron chi connectivity index (χ4n) is 1.32. The Morgan fingerprint density at radius 1 is 1.50 bits per heavy atom. The maximum atomic E-state index is 10.3. The molecule has 2 N–H and O–H groups in total. The van der Waals surface area contributed by atoms with Gasteiger partial charge in [-0.15, -0.1) is 0 Å². The van der Waals surface area contributed by atoms with Gasteiger partial charge in [-0.25, -0.2) is 4.98 Å². The zero-order valence-electron chi connectivity index (χ0n) is 10.6. The molecule has 0 fully saturated rings. The molecule has 0 bridgehead atoms. The van der Waals surface area contributed by atoms with Crippen LogP contribution in [0.1, 0.15) is 32.6 Å². The van der Waals surface area contributed by atoms with Crippen LogP contribution in [0.25, 0.3) is 0 Å². The quantitative estimate of drug-likeness (QED) is 0.654. The Morgan fingerprint density at radius 2 is 2.33 bits per heavy atom. The van der Waals surface area contributed by atoms with Crippen LogP contribution in [0.15, 0.2) is 12.3 Å². The van der Waals surface area contributed by atoms with Gasteiger partial charge in [0.25, 0.3) is 0 Å². The van der Waals surface area contributed by atoms with Gasteiger partial charge in [0.2, 0.25) is 11.8 Å². The van der Waals surface area contributed by atoms with Gasteiger partial charge in [-0.3, -0.25) is 4.79 Å². The normalized spacial score (nSPS) is 10.1. The average molecular weight is 253 g/mol. The Morgan fingerprint density at radius 3 is 3.06 bits per heavy atom. The highest BCUT2D eigenvalue weighted by Gasteiger charge is 2.00. The highest BCUT2D eigenvalue weighted by atomic mass is 16.5. The summed E-state index contributed by atoms with van der Waals surface area (Å²) >= 11 is 0. The van der Waals surface area contributed by atoms with E-state index in [2.05, 4.69) is 15.3 Å². The molecule has 0 aliphatic rings. The minimum Gasteiger partial charge on any atom is -0.481 e. The number of rotatable bonds is 9. The molecule has 1 aromatic rings. The highest BCUT2D eigenvalue weighted by Crippen LogP contribution is 2.08. The van der Waals surface area contributed by atoms with Gasteiger partial charge in [-0.05, 0) is 19.3 Å². The first kappa shape index (κ1) is 14.2. The third-order valence-corrected chi connectivity index (χ3v) is 2.18. The minimum atomic E-state index is -0.763. The standard InChI is InChI=1S/C12H19N3O3/c1-2-9-18-10-6-8-14-12(15-10)13-7-4-3-5-11(16)17/h6,8H,2-5,7,9H2,1H3,(H,16,17)(H,13,14,15). The predicted molar refractivity (Wildman–Crippen MR) is 67.8 cm³/mol. The first-order chi connectivity index (χ1) is 8.72. The molecular weight excluding hydrogens is 234 g/mol. The molecule has 0 unspecified atom stereocenters. The summed E-state index contributed by atoms with van der Waals surface area (Å²) in [4.78, 5) is 18.6. The van der Waals surface area contributed by atoms with Crippen LogP contribution in [0.3, 0.4) is 0 Å². The van der Waals surface area contributed by atoms with E-state index < -0.39 is 5.97 Å². The number of nitrogens with zero attached hydrogens (tertiary/aromatic N) is 2. The van der Waals surface area contributed by atoms with Crippen molar-refractivity contribution in [2.24, 2.45) is 0 Å². The van der Waals surface area contributed by atoms with Crippen molar-refractivity contribution in [3.05, 3.63) is 12.3 Å². The number of anilines is 1. The van der Waals surface area contributed by atoms with E-state index in [0.717, 1.165) is 12.8 Å². The monoisotopic (exact) mass is 253 g/mol. The van der Waals surface area contributed by atoms with Gasteiger partial charge in [0.1, 0.15) is 0 Å². The van der Waals surface area contributed by atoms with Gasteiger partial charge in [0.05, 0.1) is 6.61 Å². The van der Waals surface area contributed by atoms with E-state index in [-0.39, 0.29) is 6.42 Å². The van der Waals surface area contributed by atoms with E-state index in [9.17, 15) is 4.79 Å². The molecule has 0 aromatic carbocycles. The molecule has 0 amide bonds. The van der Waals surface area contributed by atoms with Crippen LogP contribution in [-0.4, -0.2) is 34.2 Å². The van der Waals surface area contributed by atoms with Gasteiger partial charge in [0.15, 0.2) is 0 Å². The van der Waals surface area contributed by atoms with E-state index in [4.69, 9.17) is 9.84 Å². The number of unbranched alkanes of at least 4 members (excludes halogenated alkanes) is 1. The van der Waals surface area contributed by atoms with Gasteiger partial charge < -0.3 is 15.2 Å². The van der Waals surface area contributed by atoms with Crippen molar-refractivity contribution in [3.8, 4) is 5.88 Å². The Hall–Kier alpha value is -1.85. The molecule has 0 saturated carbocycles. The molecule has 0 atom stereocenters. The second-order valence-corrected chi connectivity index (χ2v) is 3.84. The number of ether oxygens (including phenoxy) is 1. The Labute approximate surface area is 106 Å². The van der Waals surface area contributed by atoms with E-state index in [1.807, 2.05) is 6.92 Å². The van der Waals surface area contributed by atoms with Crippen LogP contribution in [0.2, 0.25) is 0 Å². The molecule has 0 aliphatic carbocycles. The van der Waals surface area contributed by atoms with E-state index >= 15 is 0 Å². The van der Waals surface area contributed by atoms with E-state index in [1.165, 1.54) is 0 Å². The van der Waals surface area contributed by atoms with Crippen LogP contribution in [0.4, 0.5) is 5.95 Å². The third kappa shape index (κ3) is 6.03. The summed E-state index contributed by atoms with van der Waals surface area (Å²) in [6.45, 7) is 3.32. The molecule has 1 heterocycles. The molecular formula is C12H19N3O3. The maximum absolute atomic E-state index is 10.3. The highest BCUT2D eigenvalue weighted by molar-refractivity contribution is 5.66. The first-order valence-electron chi connectivity index (χ1n) is 6.14. The average Bonchev–Trinajstić information content (AvgIpc) is 2.36. The lowest BCUT2D eigenvalue weighted by Crippen LogP contribution is -2.07. The summed E-state index contributed by atoms with van der Waals surface area (Å²) < 4.78 is 5.39. The lowest BCUT2D eigenvalue weighted by molar-refractivity contribution is -0.137. The summed E-state index contributed by atoms with van der Waals surface area (Å²) in [5, 5.41) is 11.5. The summed E-state index contributed by atoms with van der Waals surface area (Å²) in [5.41, 5.74) is 0. The van der Waals surface area contributed by atoms with Crippen LogP contribution in [0.5, 0.6) is 5.88 Å². The number of nitrogens with one attached hydrogen (secondary N) is 1. The summed E-state index contributed by atoms with van der Waals surface area (Å²) in [6.07, 6.45) is 4.19. The number of hydrogen-bond donors (Lipinski definition) is 2. The predicted octanol–water partition coefficient (Wildman–Crippen LogP) is 1.93. The Bertz CT molecular complexity index is 371. The smallest absolute Gasteiger partial charge is 0.303 e. The number of aromatic nitrogens is 2. The summed E-state index contributed by atoms with van der Waals surface area (Å²) in [6, 6.07) is 1.71. The molecule has 100 valence electrons. The van der Waals surface area contributed by atoms with E-state index in [1.54, 1.807) is 12.3 Å². The second-order valence-electron chi connectivity index (χ2n) is 3.84. The molecule has 0 radical (unpaired) electrons. The van der Waals surface area contributed by atoms with Crippen molar-refractivity contribution in [1.29, 1.82) is 0 Å². The van der Waals surface area contributed by atoms with Gasteiger partial charge in [0, 0.05) is 25.2 Å². The number of aliphatic carboxylic acids is 1. The fourth-order valence-corrected chi connectivity index (χ4v) is 1.32. The first-order valence-corrected chi connectivity index (χ1v) is 6.14. The summed E-state index contributed by atoms with van der Waals surface area (Å²) in [5.74, 6) is 0.306. The topological polar surface area (TPSA) is 84.3 Å². The number of hydrogen-bond acceptors (Lipinski definition) is 5. The van der Waals surface area contributed by atoms with Gasteiger partial charge >= 0.3 is 5.97 Å². The largest absolute Gasteiger partial charge is 0.481 e. The fraction of sp³-hybridized carbons (Fsp3) is 0.583. The molecule has 1 aromatic heterocycles. The van der Waals surface area contributed by atoms with Gasteiger partial charge in [-0.1, -0.05) is 6.92 Å². The van der Waals surface area contributed by atoms with Crippen LogP contribution in [-0.2, 0) is 4.79 Å². The van der Waals surface area contributed by atoms with Gasteiger partial charge in [-0.2, -0.15) is 4.98 Å². The van der Waals surface area contributed by atoms with Crippen molar-refractivity contribution in [3.63, 3.8) is 0 Å². The van der Waals surface area contributed by atoms with Crippen LogP contribution in [0, 0.1) is 0 Å². The van der Waals surface area contributed by atoms with Crippen molar-refractivity contribution in [2.75, 3.05) is 18.5 Å². The Kier molecular flexibility index (Phi) is 6.53. The molecule has 0 saturated heterocycles. The Balaban J connectivity index is 2.26. The third-order valence-electron chi connectivity index (χ3n) is 2.18. The number of carbonyl (C=O) groups is 1. The van der Waals surface area contributed by atoms with Crippen molar-refractivity contribution in [2.45, 2.75) is 32.6 Å². The van der Waals surface area contributed by atoms with Crippen molar-refractivity contribution in [1.82, 2.24) is 9.97 Å². The summed E-state index contributed by atoms with van der Waals surface area (Å²) in [7, 11) is 0.